The van der Waals surface area contributed by atoms with E-state index >= 15 is 0 Å². The van der Waals surface area contributed by atoms with Gasteiger partial charge >= 0.3 is 5.69 Å². The number of halogens is 2. The number of fused-ring (bicyclic) bond motifs is 1. The maximum atomic E-state index is 13.8. The first-order chi connectivity index (χ1) is 9.84. The number of aryl methyl sites for hydroxylation is 1. The summed E-state index contributed by atoms with van der Waals surface area (Å²) in [5, 5.41) is 8.88. The second-order valence-electron chi connectivity index (χ2n) is 4.57. The molecular formula is C13H12F2N4O2. The number of hydrogen-bond acceptors (Lipinski definition) is 4. The minimum absolute atomic E-state index is 0.112. The highest BCUT2D eigenvalue weighted by Gasteiger charge is 2.22. The maximum absolute atomic E-state index is 13.8. The van der Waals surface area contributed by atoms with Crippen LogP contribution in [0, 0.1) is 29.9 Å². The molecule has 2 aromatic rings. The minimum atomic E-state index is -1.22. The molecule has 1 unspecified atom stereocenters. The van der Waals surface area contributed by atoms with Gasteiger partial charge in [-0.15, -0.1) is 0 Å². The van der Waals surface area contributed by atoms with Crippen LogP contribution >= 0.6 is 0 Å². The molecule has 1 atom stereocenters. The lowest BCUT2D eigenvalue weighted by molar-refractivity contribution is 0.501. The van der Waals surface area contributed by atoms with Crippen molar-refractivity contribution in [3.05, 3.63) is 44.1 Å². The van der Waals surface area contributed by atoms with E-state index in [2.05, 4.69) is 0 Å². The molecule has 0 amide bonds. The lowest BCUT2D eigenvalue weighted by Crippen LogP contribution is -2.45. The van der Waals surface area contributed by atoms with Crippen LogP contribution in [0.2, 0.25) is 0 Å². The molecule has 0 saturated carbocycles. The predicted molar refractivity (Wildman–Crippen MR) is 72.2 cm³/mol. The SMILES string of the molecule is CCC(C#N)n1c(=O)n(N)c(=O)c2cc(F)c(F)c(C)c21. The summed E-state index contributed by atoms with van der Waals surface area (Å²) >= 11 is 0. The molecule has 110 valence electrons. The van der Waals surface area contributed by atoms with Gasteiger partial charge in [0.1, 0.15) is 6.04 Å². The second-order valence-corrected chi connectivity index (χ2v) is 4.57. The van der Waals surface area contributed by atoms with E-state index in [1.54, 1.807) is 6.92 Å². The number of nitriles is 1. The van der Waals surface area contributed by atoms with Crippen molar-refractivity contribution in [1.29, 1.82) is 5.26 Å². The van der Waals surface area contributed by atoms with Gasteiger partial charge in [0.15, 0.2) is 11.6 Å². The Balaban J connectivity index is 3.19. The van der Waals surface area contributed by atoms with Crippen molar-refractivity contribution in [2.75, 3.05) is 5.84 Å². The molecule has 1 aromatic heterocycles. The van der Waals surface area contributed by atoms with Gasteiger partial charge < -0.3 is 5.84 Å². The fourth-order valence-electron chi connectivity index (χ4n) is 2.27. The first-order valence-corrected chi connectivity index (χ1v) is 6.15. The fraction of sp³-hybridized carbons (Fsp3) is 0.308. The molecule has 2 N–H and O–H groups in total. The summed E-state index contributed by atoms with van der Waals surface area (Å²) in [5.41, 5.74) is -2.22. The summed E-state index contributed by atoms with van der Waals surface area (Å²) in [4.78, 5) is 24.1. The zero-order chi connectivity index (χ0) is 15.9. The number of rotatable bonds is 2. The Morgan fingerprint density at radius 2 is 2.05 bits per heavy atom. The van der Waals surface area contributed by atoms with Crippen LogP contribution in [-0.2, 0) is 0 Å². The molecule has 1 heterocycles. The molecule has 1 aromatic carbocycles. The number of nitrogen functional groups attached to an aromatic ring is 1. The predicted octanol–water partition coefficient (Wildman–Crippen LogP) is 0.938. The second kappa shape index (κ2) is 5.01. The molecule has 21 heavy (non-hydrogen) atoms. The molecule has 0 saturated heterocycles. The van der Waals surface area contributed by atoms with E-state index in [0.29, 0.717) is 10.7 Å². The van der Waals surface area contributed by atoms with Crippen LogP contribution < -0.4 is 17.1 Å². The average molecular weight is 294 g/mol. The number of benzene rings is 1. The highest BCUT2D eigenvalue weighted by atomic mass is 19.2. The molecule has 6 nitrogen and oxygen atoms in total. The largest absolute Gasteiger partial charge is 0.351 e. The van der Waals surface area contributed by atoms with Crippen molar-refractivity contribution >= 4 is 10.9 Å². The van der Waals surface area contributed by atoms with Gasteiger partial charge in [-0.25, -0.2) is 13.6 Å². The van der Waals surface area contributed by atoms with Crippen molar-refractivity contribution < 1.29 is 8.78 Å². The lowest BCUT2D eigenvalue weighted by Gasteiger charge is -2.17. The van der Waals surface area contributed by atoms with E-state index in [-0.39, 0.29) is 22.9 Å². The van der Waals surface area contributed by atoms with E-state index in [0.717, 1.165) is 4.57 Å². The minimum Gasteiger partial charge on any atom is -0.332 e. The summed E-state index contributed by atoms with van der Waals surface area (Å²) in [6.07, 6.45) is 0.238. The summed E-state index contributed by atoms with van der Waals surface area (Å²) in [6, 6.07) is 1.62. The first kappa shape index (κ1) is 14.7. The third-order valence-electron chi connectivity index (χ3n) is 3.37. The van der Waals surface area contributed by atoms with Crippen LogP contribution in [0.4, 0.5) is 8.78 Å². The number of nitrogens with zero attached hydrogens (tertiary/aromatic N) is 3. The molecule has 0 spiro atoms. The van der Waals surface area contributed by atoms with E-state index in [1.165, 1.54) is 6.92 Å². The van der Waals surface area contributed by atoms with E-state index in [4.69, 9.17) is 11.1 Å². The van der Waals surface area contributed by atoms with Gasteiger partial charge in [-0.3, -0.25) is 9.36 Å². The fourth-order valence-corrected chi connectivity index (χ4v) is 2.27. The average Bonchev–Trinajstić information content (AvgIpc) is 2.47. The monoisotopic (exact) mass is 294 g/mol. The zero-order valence-electron chi connectivity index (χ0n) is 11.4. The first-order valence-electron chi connectivity index (χ1n) is 6.15. The quantitative estimate of drug-likeness (QED) is 0.834. The Morgan fingerprint density at radius 1 is 1.43 bits per heavy atom. The third-order valence-corrected chi connectivity index (χ3v) is 3.37. The highest BCUT2D eigenvalue weighted by molar-refractivity contribution is 5.82. The summed E-state index contributed by atoms with van der Waals surface area (Å²) in [5.74, 6) is 3.00. The van der Waals surface area contributed by atoms with Crippen molar-refractivity contribution in [2.45, 2.75) is 26.3 Å². The molecule has 0 radical (unpaired) electrons. The summed E-state index contributed by atoms with van der Waals surface area (Å²) < 4.78 is 28.5. The standard InChI is InChI=1S/C13H12F2N4O2/c1-3-7(5-16)18-11-6(2)10(15)9(14)4-8(11)12(20)19(17)13(18)21/h4,7H,3,17H2,1-2H3. The van der Waals surface area contributed by atoms with Crippen molar-refractivity contribution in [3.8, 4) is 6.07 Å². The molecule has 8 heteroatoms. The maximum Gasteiger partial charge on any atom is 0.351 e. The Labute approximate surface area is 117 Å². The normalized spacial score (nSPS) is 12.3. The third kappa shape index (κ3) is 1.98. The highest BCUT2D eigenvalue weighted by Crippen LogP contribution is 2.23. The molecule has 0 aliphatic carbocycles. The number of nitrogens with two attached hydrogens (primary N) is 1. The smallest absolute Gasteiger partial charge is 0.332 e. The van der Waals surface area contributed by atoms with Gasteiger partial charge in [0.2, 0.25) is 0 Å². The van der Waals surface area contributed by atoms with Crippen molar-refractivity contribution in [2.24, 2.45) is 0 Å². The topological polar surface area (TPSA) is 93.8 Å². The van der Waals surface area contributed by atoms with Gasteiger partial charge in [0.05, 0.1) is 17.0 Å². The van der Waals surface area contributed by atoms with Gasteiger partial charge in [0.25, 0.3) is 5.56 Å². The molecule has 0 aliphatic heterocycles. The van der Waals surface area contributed by atoms with E-state index in [9.17, 15) is 18.4 Å². The van der Waals surface area contributed by atoms with Crippen molar-refractivity contribution in [1.82, 2.24) is 9.24 Å². The van der Waals surface area contributed by atoms with Gasteiger partial charge in [-0.05, 0) is 19.4 Å². The van der Waals surface area contributed by atoms with Crippen LogP contribution in [0.3, 0.4) is 0 Å². The molecule has 0 fully saturated rings. The Morgan fingerprint density at radius 3 is 2.57 bits per heavy atom. The Kier molecular flexibility index (Phi) is 3.51. The van der Waals surface area contributed by atoms with Crippen LogP contribution in [0.25, 0.3) is 10.9 Å². The van der Waals surface area contributed by atoms with Gasteiger partial charge in [-0.2, -0.15) is 9.94 Å². The lowest BCUT2D eigenvalue weighted by atomic mass is 10.1. The van der Waals surface area contributed by atoms with Gasteiger partial charge in [0, 0.05) is 5.56 Å². The number of aromatic nitrogens is 2. The Bertz CT molecular complexity index is 892. The van der Waals surface area contributed by atoms with Crippen LogP contribution in [0.1, 0.15) is 24.9 Å². The Hall–Kier alpha value is -2.69. The zero-order valence-corrected chi connectivity index (χ0v) is 11.4. The van der Waals surface area contributed by atoms with Gasteiger partial charge in [-0.1, -0.05) is 6.92 Å². The molecular weight excluding hydrogens is 282 g/mol. The molecule has 0 aliphatic rings. The summed E-state index contributed by atoms with van der Waals surface area (Å²) in [7, 11) is 0. The van der Waals surface area contributed by atoms with E-state index < -0.39 is 28.9 Å². The molecule has 2 rings (SSSR count). The van der Waals surface area contributed by atoms with Crippen molar-refractivity contribution in [3.63, 3.8) is 0 Å². The van der Waals surface area contributed by atoms with E-state index in [1.807, 2.05) is 6.07 Å². The van der Waals surface area contributed by atoms with Crippen LogP contribution in [-0.4, -0.2) is 9.24 Å². The van der Waals surface area contributed by atoms with Crippen LogP contribution in [0.15, 0.2) is 15.7 Å². The molecule has 0 bridgehead atoms. The summed E-state index contributed by atoms with van der Waals surface area (Å²) in [6.45, 7) is 2.88. The number of hydrogen-bond donors (Lipinski definition) is 1. The van der Waals surface area contributed by atoms with Crippen LogP contribution in [0.5, 0.6) is 0 Å².